The SMILES string of the molecule is O=C(COC(=O)[C@@H]1CCCN1S(=O)(=O)c1ccc(F)cc1)NC1CC1. The molecule has 1 amide bonds. The summed E-state index contributed by atoms with van der Waals surface area (Å²) in [5.74, 6) is -1.67. The standard InChI is InChI=1S/C16H19FN2O5S/c17-11-3-7-13(8-4-11)25(22,23)19-9-1-2-14(19)16(21)24-10-15(20)18-12-5-6-12/h3-4,7-8,12,14H,1-2,5-6,9-10H2,(H,18,20)/t14-/m0/s1. The number of halogens is 1. The predicted molar refractivity (Wildman–Crippen MR) is 85.4 cm³/mol. The Morgan fingerprint density at radius 3 is 2.52 bits per heavy atom. The van der Waals surface area contributed by atoms with Gasteiger partial charge in [-0.25, -0.2) is 12.8 Å². The second-order valence-electron chi connectivity index (χ2n) is 6.18. The van der Waals surface area contributed by atoms with Crippen LogP contribution in [-0.2, 0) is 24.3 Å². The number of esters is 1. The number of nitrogens with zero attached hydrogens (tertiary/aromatic N) is 1. The van der Waals surface area contributed by atoms with Crippen LogP contribution < -0.4 is 5.32 Å². The van der Waals surface area contributed by atoms with Gasteiger partial charge < -0.3 is 10.1 Å². The van der Waals surface area contributed by atoms with Gasteiger partial charge in [0.15, 0.2) is 6.61 Å². The maximum Gasteiger partial charge on any atom is 0.324 e. The summed E-state index contributed by atoms with van der Waals surface area (Å²) in [6.45, 7) is -0.246. The van der Waals surface area contributed by atoms with Gasteiger partial charge in [0.2, 0.25) is 10.0 Å². The maximum atomic E-state index is 13.0. The van der Waals surface area contributed by atoms with E-state index in [9.17, 15) is 22.4 Å². The minimum absolute atomic E-state index is 0.0833. The van der Waals surface area contributed by atoms with Crippen LogP contribution in [0.25, 0.3) is 0 Å². The zero-order chi connectivity index (χ0) is 18.0. The van der Waals surface area contributed by atoms with Crippen molar-refractivity contribution in [1.29, 1.82) is 0 Å². The van der Waals surface area contributed by atoms with Gasteiger partial charge in [-0.2, -0.15) is 4.31 Å². The predicted octanol–water partition coefficient (Wildman–Crippen LogP) is 0.801. The van der Waals surface area contributed by atoms with Crippen molar-refractivity contribution in [1.82, 2.24) is 9.62 Å². The fourth-order valence-corrected chi connectivity index (χ4v) is 4.38. The normalized spacial score (nSPS) is 21.1. The van der Waals surface area contributed by atoms with Crippen LogP contribution in [0.3, 0.4) is 0 Å². The van der Waals surface area contributed by atoms with E-state index >= 15 is 0 Å². The number of hydrogen-bond donors (Lipinski definition) is 1. The number of nitrogens with one attached hydrogen (secondary N) is 1. The molecule has 1 aromatic rings. The molecular formula is C16H19FN2O5S. The van der Waals surface area contributed by atoms with Gasteiger partial charge in [-0.15, -0.1) is 0 Å². The van der Waals surface area contributed by atoms with Crippen LogP contribution >= 0.6 is 0 Å². The summed E-state index contributed by atoms with van der Waals surface area (Å²) in [6, 6.07) is 3.62. The average molecular weight is 370 g/mol. The lowest BCUT2D eigenvalue weighted by Crippen LogP contribution is -2.42. The summed E-state index contributed by atoms with van der Waals surface area (Å²) in [6.07, 6.45) is 2.68. The summed E-state index contributed by atoms with van der Waals surface area (Å²) in [4.78, 5) is 23.7. The summed E-state index contributed by atoms with van der Waals surface area (Å²) < 4.78 is 44.4. The van der Waals surface area contributed by atoms with E-state index in [2.05, 4.69) is 5.32 Å². The molecule has 0 aromatic heterocycles. The molecule has 2 fully saturated rings. The monoisotopic (exact) mass is 370 g/mol. The first-order valence-electron chi connectivity index (χ1n) is 8.11. The van der Waals surface area contributed by atoms with E-state index in [-0.39, 0.29) is 23.4 Å². The lowest BCUT2D eigenvalue weighted by molar-refractivity contribution is -0.151. The van der Waals surface area contributed by atoms with E-state index in [1.54, 1.807) is 0 Å². The number of carbonyl (C=O) groups excluding carboxylic acids is 2. The molecule has 9 heteroatoms. The lowest BCUT2D eigenvalue weighted by Gasteiger charge is -2.22. The minimum atomic E-state index is -3.93. The number of amides is 1. The van der Waals surface area contributed by atoms with Crippen LogP contribution in [0.2, 0.25) is 0 Å². The van der Waals surface area contributed by atoms with Gasteiger partial charge in [0.05, 0.1) is 4.90 Å². The van der Waals surface area contributed by atoms with Crippen molar-refractivity contribution in [3.63, 3.8) is 0 Å². The molecule has 1 saturated heterocycles. The highest BCUT2D eigenvalue weighted by atomic mass is 32.2. The Labute approximate surface area is 145 Å². The molecule has 0 spiro atoms. The smallest absolute Gasteiger partial charge is 0.324 e. The van der Waals surface area contributed by atoms with Crippen LogP contribution in [-0.4, -0.2) is 49.8 Å². The second-order valence-corrected chi connectivity index (χ2v) is 8.07. The van der Waals surface area contributed by atoms with Crippen molar-refractivity contribution in [3.05, 3.63) is 30.1 Å². The maximum absolute atomic E-state index is 13.0. The van der Waals surface area contributed by atoms with Crippen LogP contribution in [0.5, 0.6) is 0 Å². The van der Waals surface area contributed by atoms with Crippen LogP contribution in [0.4, 0.5) is 4.39 Å². The number of hydrogen-bond acceptors (Lipinski definition) is 5. The quantitative estimate of drug-likeness (QED) is 0.748. The van der Waals surface area contributed by atoms with Crippen LogP contribution in [0, 0.1) is 5.82 Å². The third-order valence-corrected chi connectivity index (χ3v) is 6.11. The van der Waals surface area contributed by atoms with Crippen molar-refractivity contribution in [2.45, 2.75) is 42.7 Å². The molecule has 2 aliphatic rings. The Hall–Kier alpha value is -2.00. The van der Waals surface area contributed by atoms with Gasteiger partial charge in [-0.3, -0.25) is 9.59 Å². The molecule has 1 heterocycles. The molecule has 1 N–H and O–H groups in total. The molecule has 1 aromatic carbocycles. The molecule has 136 valence electrons. The Morgan fingerprint density at radius 1 is 1.20 bits per heavy atom. The van der Waals surface area contributed by atoms with Gasteiger partial charge >= 0.3 is 5.97 Å². The number of carbonyl (C=O) groups is 2. The van der Waals surface area contributed by atoms with Crippen molar-refractivity contribution in [3.8, 4) is 0 Å². The van der Waals surface area contributed by atoms with E-state index in [0.717, 1.165) is 41.4 Å². The Balaban J connectivity index is 1.65. The van der Waals surface area contributed by atoms with Crippen molar-refractivity contribution in [2.24, 2.45) is 0 Å². The molecule has 25 heavy (non-hydrogen) atoms. The highest BCUT2D eigenvalue weighted by Crippen LogP contribution is 2.27. The molecule has 3 rings (SSSR count). The highest BCUT2D eigenvalue weighted by molar-refractivity contribution is 7.89. The summed E-state index contributed by atoms with van der Waals surface area (Å²) in [5, 5.41) is 2.69. The first-order chi connectivity index (χ1) is 11.9. The molecule has 7 nitrogen and oxygen atoms in total. The van der Waals surface area contributed by atoms with E-state index in [0.29, 0.717) is 12.8 Å². The van der Waals surface area contributed by atoms with Crippen LogP contribution in [0.1, 0.15) is 25.7 Å². The fraction of sp³-hybridized carbons (Fsp3) is 0.500. The Kier molecular flexibility index (Phi) is 5.05. The minimum Gasteiger partial charge on any atom is -0.454 e. The third-order valence-electron chi connectivity index (χ3n) is 4.18. The van der Waals surface area contributed by atoms with Gasteiger partial charge in [-0.05, 0) is 49.9 Å². The molecule has 1 saturated carbocycles. The lowest BCUT2D eigenvalue weighted by atomic mass is 10.2. The van der Waals surface area contributed by atoms with E-state index < -0.39 is 34.5 Å². The van der Waals surface area contributed by atoms with Gasteiger partial charge in [-0.1, -0.05) is 0 Å². The van der Waals surface area contributed by atoms with E-state index in [1.807, 2.05) is 0 Å². The number of sulfonamides is 1. The largest absolute Gasteiger partial charge is 0.454 e. The Morgan fingerprint density at radius 2 is 1.88 bits per heavy atom. The van der Waals surface area contributed by atoms with E-state index in [4.69, 9.17) is 4.74 Å². The van der Waals surface area contributed by atoms with Crippen molar-refractivity contribution in [2.75, 3.05) is 13.2 Å². The van der Waals surface area contributed by atoms with E-state index in [1.165, 1.54) is 0 Å². The molecule has 0 unspecified atom stereocenters. The van der Waals surface area contributed by atoms with Crippen LogP contribution in [0.15, 0.2) is 29.2 Å². The zero-order valence-electron chi connectivity index (χ0n) is 13.5. The molecule has 0 bridgehead atoms. The number of ether oxygens (including phenoxy) is 1. The number of rotatable bonds is 6. The molecule has 1 atom stereocenters. The molecule has 1 aliphatic heterocycles. The van der Waals surface area contributed by atoms with Crippen molar-refractivity contribution >= 4 is 21.9 Å². The second kappa shape index (κ2) is 7.09. The molecule has 1 aliphatic carbocycles. The van der Waals surface area contributed by atoms with Crippen molar-refractivity contribution < 1.29 is 27.1 Å². The highest BCUT2D eigenvalue weighted by Gasteiger charge is 2.40. The van der Waals surface area contributed by atoms with Gasteiger partial charge in [0.25, 0.3) is 5.91 Å². The third kappa shape index (κ3) is 4.16. The summed E-state index contributed by atoms with van der Waals surface area (Å²) >= 11 is 0. The average Bonchev–Trinajstić information content (AvgIpc) is 3.24. The van der Waals surface area contributed by atoms with Gasteiger partial charge in [0, 0.05) is 12.6 Å². The van der Waals surface area contributed by atoms with Gasteiger partial charge in [0.1, 0.15) is 11.9 Å². The first-order valence-corrected chi connectivity index (χ1v) is 9.55. The topological polar surface area (TPSA) is 92.8 Å². The summed E-state index contributed by atoms with van der Waals surface area (Å²) in [5.41, 5.74) is 0. The molecule has 0 radical (unpaired) electrons. The fourth-order valence-electron chi connectivity index (χ4n) is 2.74. The summed E-state index contributed by atoms with van der Waals surface area (Å²) in [7, 11) is -3.93. The molecular weight excluding hydrogens is 351 g/mol. The zero-order valence-corrected chi connectivity index (χ0v) is 14.3. The first kappa shape index (κ1) is 17.8. The number of benzene rings is 1. The Bertz CT molecular complexity index is 761.